The third-order valence-electron chi connectivity index (χ3n) is 6.13. The Morgan fingerprint density at radius 1 is 0.590 bits per heavy atom. The van der Waals surface area contributed by atoms with Gasteiger partial charge in [0.25, 0.3) is 0 Å². The Hall–Kier alpha value is -4.36. The van der Waals surface area contributed by atoms with Crippen LogP contribution in [0.15, 0.2) is 95.4 Å². The van der Waals surface area contributed by atoms with Gasteiger partial charge in [0.1, 0.15) is 0 Å². The van der Waals surface area contributed by atoms with Crippen molar-refractivity contribution in [1.82, 2.24) is 4.68 Å². The highest BCUT2D eigenvalue weighted by atomic mass is 35.5. The van der Waals surface area contributed by atoms with Crippen LogP contribution in [0, 0.1) is 0 Å². The molecule has 39 heavy (non-hydrogen) atoms. The summed E-state index contributed by atoms with van der Waals surface area (Å²) in [6.45, 7) is 0. The Bertz CT molecular complexity index is 1330. The molecule has 0 atom stereocenters. The first-order valence-electron chi connectivity index (χ1n) is 12.5. The molecule has 0 spiro atoms. The van der Waals surface area contributed by atoms with Crippen molar-refractivity contribution >= 4 is 41.6 Å². The van der Waals surface area contributed by atoms with Crippen LogP contribution >= 0.6 is 0 Å². The molecule has 0 aliphatic rings. The van der Waals surface area contributed by atoms with Crippen molar-refractivity contribution in [2.75, 3.05) is 57.0 Å². The summed E-state index contributed by atoms with van der Waals surface area (Å²) in [7, 11) is 12.2. The fraction of sp³-hybridized carbons (Fsp3) is 0.194. The molecule has 0 amide bonds. The van der Waals surface area contributed by atoms with Gasteiger partial charge in [-0.1, -0.05) is 56.0 Å². The van der Waals surface area contributed by atoms with E-state index in [1.807, 2.05) is 82.5 Å². The number of anilines is 3. The second kappa shape index (κ2) is 13.4. The minimum atomic E-state index is 0. The maximum Gasteiger partial charge on any atom is 0.332 e. The Kier molecular flexibility index (Phi) is 10.1. The number of hydrogen-bond acceptors (Lipinski definition) is 5. The van der Waals surface area contributed by atoms with Gasteiger partial charge < -0.3 is 27.1 Å². The van der Waals surface area contributed by atoms with Crippen LogP contribution < -0.4 is 31.8 Å². The first-order valence-corrected chi connectivity index (χ1v) is 12.5. The summed E-state index contributed by atoms with van der Waals surface area (Å²) in [6, 6.07) is 25.0. The molecule has 0 bridgehead atoms. The zero-order chi connectivity index (χ0) is 27.1. The molecule has 4 aromatic rings. The molecule has 0 aliphatic carbocycles. The lowest BCUT2D eigenvalue weighted by molar-refractivity contribution is -0.679. The Morgan fingerprint density at radius 3 is 1.49 bits per heavy atom. The average Bonchev–Trinajstić information content (AvgIpc) is 3.31. The minimum absolute atomic E-state index is 0. The Morgan fingerprint density at radius 2 is 1.03 bits per heavy atom. The molecule has 4 rings (SSSR count). The lowest BCUT2D eigenvalue weighted by Crippen LogP contribution is -3.00. The fourth-order valence-electron chi connectivity index (χ4n) is 3.76. The van der Waals surface area contributed by atoms with Crippen LogP contribution in [0.1, 0.15) is 22.5 Å². The Labute approximate surface area is 238 Å². The largest absolute Gasteiger partial charge is 1.00 e. The zero-order valence-electron chi connectivity index (χ0n) is 23.4. The van der Waals surface area contributed by atoms with Gasteiger partial charge in [0.15, 0.2) is 12.4 Å². The fourth-order valence-corrected chi connectivity index (χ4v) is 3.76. The number of hydrogen-bond donors (Lipinski definition) is 0. The molecule has 1 heterocycles. The van der Waals surface area contributed by atoms with Crippen LogP contribution in [0.3, 0.4) is 0 Å². The monoisotopic (exact) mass is 541 g/mol. The SMILES string of the molecule is CN(C)c1ccc(/C=C/c2n(/N=C/c3ccc(N(C)C)cc3)cc[n+]2/N=C/c2ccc(N(C)C)cc2)cc1.[Cl-]. The van der Waals surface area contributed by atoms with E-state index in [4.69, 9.17) is 10.2 Å². The molecular weight excluding hydrogens is 506 g/mol. The van der Waals surface area contributed by atoms with Crippen molar-refractivity contribution in [3.63, 3.8) is 0 Å². The normalized spacial score (nSPS) is 11.3. The van der Waals surface area contributed by atoms with E-state index in [-0.39, 0.29) is 12.4 Å². The van der Waals surface area contributed by atoms with E-state index in [1.54, 1.807) is 0 Å². The summed E-state index contributed by atoms with van der Waals surface area (Å²) in [5.41, 5.74) is 6.61. The summed E-state index contributed by atoms with van der Waals surface area (Å²) in [5.74, 6) is 0.823. The molecule has 0 aliphatic heterocycles. The van der Waals surface area contributed by atoms with E-state index >= 15 is 0 Å². The molecule has 0 radical (unpaired) electrons. The molecule has 3 aromatic carbocycles. The number of aromatic nitrogens is 2. The van der Waals surface area contributed by atoms with Crippen LogP contribution in [-0.4, -0.2) is 59.4 Å². The topological polar surface area (TPSA) is 43.3 Å². The predicted octanol–water partition coefficient (Wildman–Crippen LogP) is 1.91. The maximum atomic E-state index is 4.73. The lowest BCUT2D eigenvalue weighted by atomic mass is 10.2. The highest BCUT2D eigenvalue weighted by molar-refractivity contribution is 5.81. The number of benzene rings is 3. The molecule has 1 aromatic heterocycles. The highest BCUT2D eigenvalue weighted by Crippen LogP contribution is 2.15. The van der Waals surface area contributed by atoms with Gasteiger partial charge in [-0.3, -0.25) is 0 Å². The highest BCUT2D eigenvalue weighted by Gasteiger charge is 2.14. The summed E-state index contributed by atoms with van der Waals surface area (Å²) in [6.07, 6.45) is 11.6. The van der Waals surface area contributed by atoms with Crippen molar-refractivity contribution in [3.05, 3.63) is 108 Å². The predicted molar refractivity (Wildman–Crippen MR) is 162 cm³/mol. The van der Waals surface area contributed by atoms with E-state index in [1.165, 1.54) is 0 Å². The quantitative estimate of drug-likeness (QED) is 0.240. The second-order valence-corrected chi connectivity index (χ2v) is 9.63. The third-order valence-corrected chi connectivity index (χ3v) is 6.13. The van der Waals surface area contributed by atoms with Crippen LogP contribution in [0.4, 0.5) is 17.1 Å². The van der Waals surface area contributed by atoms with Gasteiger partial charge in [0.05, 0.1) is 12.4 Å². The summed E-state index contributed by atoms with van der Waals surface area (Å²) < 4.78 is 3.66. The average molecular weight is 542 g/mol. The van der Waals surface area contributed by atoms with Gasteiger partial charge in [0, 0.05) is 65.4 Å². The van der Waals surface area contributed by atoms with E-state index in [0.717, 1.165) is 39.6 Å². The van der Waals surface area contributed by atoms with Gasteiger partial charge in [-0.05, 0) is 59.2 Å². The van der Waals surface area contributed by atoms with Crippen molar-refractivity contribution < 1.29 is 17.1 Å². The molecule has 0 saturated heterocycles. The van der Waals surface area contributed by atoms with Gasteiger partial charge in [-0.25, -0.2) is 0 Å². The number of rotatable bonds is 9. The van der Waals surface area contributed by atoms with E-state index in [9.17, 15) is 0 Å². The first kappa shape index (κ1) is 29.2. The van der Waals surface area contributed by atoms with Gasteiger partial charge in [0.2, 0.25) is 0 Å². The number of halogens is 1. The number of imidazole rings is 1. The standard InChI is InChI=1S/C31H36N7.ClH/c1-34(2)28-14-7-25(8-15-28)13-20-31-37(32-23-26-9-16-29(17-10-26)35(3)4)21-22-38(31)33-24-27-11-18-30(19-12-27)36(5)6;/h7-24H,1-6H3;1H/q+1;/p-1/b32-23+,33-24+;. The molecule has 7 nitrogen and oxygen atoms in total. The van der Waals surface area contributed by atoms with E-state index < -0.39 is 0 Å². The maximum absolute atomic E-state index is 4.73. The minimum Gasteiger partial charge on any atom is -1.00 e. The zero-order valence-corrected chi connectivity index (χ0v) is 24.2. The van der Waals surface area contributed by atoms with Crippen LogP contribution in [-0.2, 0) is 0 Å². The van der Waals surface area contributed by atoms with Gasteiger partial charge in [-0.2, -0.15) is 0 Å². The van der Waals surface area contributed by atoms with E-state index in [0.29, 0.717) is 0 Å². The molecule has 202 valence electrons. The van der Waals surface area contributed by atoms with Gasteiger partial charge >= 0.3 is 5.82 Å². The summed E-state index contributed by atoms with van der Waals surface area (Å²) in [5, 5.41) is 9.45. The Balaban J connectivity index is 0.00000420. The molecule has 0 saturated carbocycles. The number of nitrogens with zero attached hydrogens (tertiary/aromatic N) is 7. The van der Waals surface area contributed by atoms with Crippen molar-refractivity contribution in [2.24, 2.45) is 10.2 Å². The lowest BCUT2D eigenvalue weighted by Gasteiger charge is -2.11. The summed E-state index contributed by atoms with van der Waals surface area (Å²) in [4.78, 5) is 6.25. The second-order valence-electron chi connectivity index (χ2n) is 9.63. The van der Waals surface area contributed by atoms with Crippen molar-refractivity contribution in [2.45, 2.75) is 0 Å². The van der Waals surface area contributed by atoms with Crippen molar-refractivity contribution in [3.8, 4) is 0 Å². The molecular formula is C31H36ClN7. The van der Waals surface area contributed by atoms with Crippen LogP contribution in [0.25, 0.3) is 12.2 Å². The van der Waals surface area contributed by atoms with Crippen LogP contribution in [0.2, 0.25) is 0 Å². The smallest absolute Gasteiger partial charge is 0.332 e. The van der Waals surface area contributed by atoms with Crippen molar-refractivity contribution in [1.29, 1.82) is 0 Å². The van der Waals surface area contributed by atoms with Gasteiger partial charge in [-0.15, -0.1) is 0 Å². The third kappa shape index (κ3) is 7.82. The van der Waals surface area contributed by atoms with E-state index in [2.05, 4.69) is 93.6 Å². The molecule has 8 heteroatoms. The van der Waals surface area contributed by atoms with Crippen LogP contribution in [0.5, 0.6) is 0 Å². The molecule has 0 unspecified atom stereocenters. The first-order chi connectivity index (χ1) is 18.3. The molecule has 0 fully saturated rings. The summed E-state index contributed by atoms with van der Waals surface area (Å²) >= 11 is 0. The molecule has 0 N–H and O–H groups in total.